The van der Waals surface area contributed by atoms with Gasteiger partial charge in [-0.15, -0.1) is 0 Å². The molecule has 0 fully saturated rings. The van der Waals surface area contributed by atoms with Crippen LogP contribution in [0.2, 0.25) is 0 Å². The number of ether oxygens (including phenoxy) is 1. The summed E-state index contributed by atoms with van der Waals surface area (Å²) < 4.78 is 21.9. The highest BCUT2D eigenvalue weighted by Gasteiger charge is 2.38. The monoisotopic (exact) mass is 274 g/mol. The van der Waals surface area contributed by atoms with Crippen LogP contribution >= 0.6 is 0 Å². The van der Waals surface area contributed by atoms with Crippen LogP contribution in [0.4, 0.5) is 0 Å². The molecule has 0 aromatic carbocycles. The fourth-order valence-corrected chi connectivity index (χ4v) is 2.43. The Balaban J connectivity index is 4.62. The van der Waals surface area contributed by atoms with Crippen molar-refractivity contribution in [2.45, 2.75) is 53.8 Å². The second-order valence-electron chi connectivity index (χ2n) is 4.28. The molecule has 0 saturated heterocycles. The number of carbonyl (C=O) groups is 1. The maximum Gasteiger partial charge on any atom is 1.00 e. The van der Waals surface area contributed by atoms with Gasteiger partial charge in [0.1, 0.15) is 0 Å². The fraction of sp³-hybridized carbons (Fsp3) is 0.750. The zero-order valence-corrected chi connectivity index (χ0v) is 13.2. The summed E-state index contributed by atoms with van der Waals surface area (Å²) in [6, 6.07) is 0. The molecule has 0 radical (unpaired) electrons. The summed E-state index contributed by atoms with van der Waals surface area (Å²) in [5, 5.41) is 0. The van der Waals surface area contributed by atoms with Gasteiger partial charge in [-0.3, -0.25) is 4.79 Å². The summed E-state index contributed by atoms with van der Waals surface area (Å²) in [6.45, 7) is 11.3. The molecule has 5 nitrogen and oxygen atoms in total. The SMILES string of the molecule is CCO/C(=C/C(C)=O)[O][Al]([O]C(C)C)[O]C(C)C. The highest BCUT2D eigenvalue weighted by atomic mass is 27.3. The van der Waals surface area contributed by atoms with Crippen molar-refractivity contribution in [3.63, 3.8) is 0 Å². The Morgan fingerprint density at radius 2 is 1.67 bits per heavy atom. The number of carbonyl (C=O) groups excluding carboxylic acids is 1. The number of hydrogen-bond acceptors (Lipinski definition) is 5. The van der Waals surface area contributed by atoms with E-state index in [9.17, 15) is 4.79 Å². The maximum atomic E-state index is 11.1. The van der Waals surface area contributed by atoms with Gasteiger partial charge in [0, 0.05) is 12.2 Å². The van der Waals surface area contributed by atoms with E-state index >= 15 is 0 Å². The van der Waals surface area contributed by atoms with Crippen LogP contribution in [0.15, 0.2) is 12.0 Å². The van der Waals surface area contributed by atoms with E-state index < -0.39 is 15.1 Å². The molecule has 0 aliphatic rings. The molecule has 6 heteroatoms. The van der Waals surface area contributed by atoms with E-state index in [0.717, 1.165) is 0 Å². The largest absolute Gasteiger partial charge is 1.00 e. The van der Waals surface area contributed by atoms with Gasteiger partial charge in [0.2, 0.25) is 5.95 Å². The summed E-state index contributed by atoms with van der Waals surface area (Å²) in [7, 11) is 0. The topological polar surface area (TPSA) is 54.0 Å². The standard InChI is InChI=1S/C6H10O3.2C3H7O.Al/c1-3-9-6(8)4-5(2)7;2*1-3(2)4;/h4,8H,3H2,1-2H3;2*3H,1-2H3;/q;2*-1;+3/p-1/b6-4+;;;. The Hall–Kier alpha value is -0.538. The van der Waals surface area contributed by atoms with E-state index in [1.54, 1.807) is 0 Å². The quantitative estimate of drug-likeness (QED) is 0.367. The molecule has 0 heterocycles. The second-order valence-corrected chi connectivity index (χ2v) is 5.64. The third kappa shape index (κ3) is 9.49. The first-order chi connectivity index (χ1) is 8.35. The minimum absolute atomic E-state index is 0.000575. The molecule has 0 aromatic rings. The van der Waals surface area contributed by atoms with E-state index in [1.165, 1.54) is 13.0 Å². The van der Waals surface area contributed by atoms with Crippen molar-refractivity contribution in [3.05, 3.63) is 12.0 Å². The van der Waals surface area contributed by atoms with Crippen LogP contribution in [0.1, 0.15) is 41.5 Å². The lowest BCUT2D eigenvalue weighted by Gasteiger charge is -2.20. The zero-order chi connectivity index (χ0) is 14.1. The molecular weight excluding hydrogens is 251 g/mol. The van der Waals surface area contributed by atoms with E-state index in [1.807, 2.05) is 34.6 Å². The smallest absolute Gasteiger partial charge is 0.572 e. The minimum atomic E-state index is -2.34. The van der Waals surface area contributed by atoms with Crippen LogP contribution in [0, 0.1) is 0 Å². The van der Waals surface area contributed by atoms with Gasteiger partial charge in [0.15, 0.2) is 5.78 Å². The lowest BCUT2D eigenvalue weighted by atomic mass is 10.4. The van der Waals surface area contributed by atoms with Crippen LogP contribution in [0.3, 0.4) is 0 Å². The molecule has 0 unspecified atom stereocenters. The summed E-state index contributed by atoms with van der Waals surface area (Å²) in [5.41, 5.74) is 0. The summed E-state index contributed by atoms with van der Waals surface area (Å²) in [6.07, 6.45) is 1.30. The van der Waals surface area contributed by atoms with Crippen LogP contribution in [0.25, 0.3) is 0 Å². The predicted molar refractivity (Wildman–Crippen MR) is 69.7 cm³/mol. The summed E-state index contributed by atoms with van der Waals surface area (Å²) >= 11 is -2.34. The zero-order valence-electron chi connectivity index (χ0n) is 12.1. The molecule has 104 valence electrons. The molecule has 0 aliphatic heterocycles. The van der Waals surface area contributed by atoms with Gasteiger partial charge in [-0.2, -0.15) is 0 Å². The van der Waals surface area contributed by atoms with Gasteiger partial charge >= 0.3 is 15.1 Å². The molecule has 0 atom stereocenters. The average Bonchev–Trinajstić information content (AvgIpc) is 2.13. The highest BCUT2D eigenvalue weighted by Crippen LogP contribution is 2.09. The van der Waals surface area contributed by atoms with Gasteiger partial charge in [-0.05, 0) is 41.5 Å². The lowest BCUT2D eigenvalue weighted by molar-refractivity contribution is -0.113. The van der Waals surface area contributed by atoms with Crippen molar-refractivity contribution >= 4 is 20.9 Å². The third-order valence-corrected chi connectivity index (χ3v) is 3.54. The molecule has 0 bridgehead atoms. The molecule has 0 rings (SSSR count). The van der Waals surface area contributed by atoms with Crippen molar-refractivity contribution in [2.24, 2.45) is 0 Å². The molecule has 0 spiro atoms. The van der Waals surface area contributed by atoms with Gasteiger partial charge in [0.05, 0.1) is 12.7 Å². The number of rotatable bonds is 9. The van der Waals surface area contributed by atoms with Gasteiger partial charge in [-0.1, -0.05) is 0 Å². The number of hydrogen-bond donors (Lipinski definition) is 0. The Morgan fingerprint density at radius 3 is 2.00 bits per heavy atom. The summed E-state index contributed by atoms with van der Waals surface area (Å²) in [4.78, 5) is 11.1. The van der Waals surface area contributed by atoms with Gasteiger partial charge in [0.25, 0.3) is 0 Å². The molecule has 0 aromatic heterocycles. The molecule has 0 saturated carbocycles. The van der Waals surface area contributed by atoms with Crippen LogP contribution in [-0.4, -0.2) is 39.7 Å². The van der Waals surface area contributed by atoms with E-state index in [4.69, 9.17) is 16.1 Å². The molecule has 18 heavy (non-hydrogen) atoms. The van der Waals surface area contributed by atoms with E-state index in [0.29, 0.717) is 6.61 Å². The van der Waals surface area contributed by atoms with Crippen LogP contribution < -0.4 is 0 Å². The number of ketones is 1. The van der Waals surface area contributed by atoms with Crippen LogP contribution in [-0.2, 0) is 20.9 Å². The van der Waals surface area contributed by atoms with Gasteiger partial charge < -0.3 is 16.1 Å². The molecule has 0 amide bonds. The normalized spacial score (nSPS) is 11.9. The van der Waals surface area contributed by atoms with Crippen molar-refractivity contribution in [3.8, 4) is 0 Å². The van der Waals surface area contributed by atoms with E-state index in [2.05, 4.69) is 0 Å². The first-order valence-electron chi connectivity index (χ1n) is 6.17. The Labute approximate surface area is 114 Å². The molecular formula is C12H23AlO5. The molecule has 0 N–H and O–H groups in total. The molecule has 0 aliphatic carbocycles. The highest BCUT2D eigenvalue weighted by molar-refractivity contribution is 6.36. The maximum absolute atomic E-state index is 11.1. The van der Waals surface area contributed by atoms with E-state index in [-0.39, 0.29) is 23.9 Å². The minimum Gasteiger partial charge on any atom is -0.572 e. The van der Waals surface area contributed by atoms with Crippen molar-refractivity contribution in [2.75, 3.05) is 6.61 Å². The number of allylic oxidation sites excluding steroid dienone is 1. The lowest BCUT2D eigenvalue weighted by Crippen LogP contribution is -2.33. The Bertz CT molecular complexity index is 266. The average molecular weight is 274 g/mol. The second kappa shape index (κ2) is 9.40. The van der Waals surface area contributed by atoms with Crippen molar-refractivity contribution in [1.29, 1.82) is 0 Å². The fourth-order valence-electron chi connectivity index (χ4n) is 1.04. The van der Waals surface area contributed by atoms with Gasteiger partial charge in [-0.25, -0.2) is 0 Å². The first kappa shape index (κ1) is 17.5. The van der Waals surface area contributed by atoms with Crippen LogP contribution in [0.5, 0.6) is 0 Å². The predicted octanol–water partition coefficient (Wildman–Crippen LogP) is 2.30. The first-order valence-corrected chi connectivity index (χ1v) is 7.59. The Morgan fingerprint density at radius 1 is 1.17 bits per heavy atom. The van der Waals surface area contributed by atoms with Crippen molar-refractivity contribution < 1.29 is 20.9 Å². The van der Waals surface area contributed by atoms with Crippen molar-refractivity contribution in [1.82, 2.24) is 0 Å². The summed E-state index contributed by atoms with van der Waals surface area (Å²) in [5.74, 6) is 0.0308. The third-order valence-electron chi connectivity index (χ3n) is 1.59. The Kier molecular flexibility index (Phi) is 9.12.